The van der Waals surface area contributed by atoms with E-state index in [4.69, 9.17) is 4.74 Å². The number of fused-ring (bicyclic) bond motifs is 3. The smallest absolute Gasteiger partial charge is 0.354 e. The number of carbonyl (C=O) groups excluding carboxylic acids is 4. The molecule has 2 fully saturated rings. The van der Waals surface area contributed by atoms with Gasteiger partial charge in [0, 0.05) is 31.5 Å². The summed E-state index contributed by atoms with van der Waals surface area (Å²) in [6, 6.07) is 6.98. The van der Waals surface area contributed by atoms with Crippen LogP contribution in [-0.4, -0.2) is 64.4 Å². The van der Waals surface area contributed by atoms with Crippen LogP contribution in [0.25, 0.3) is 0 Å². The number of amides is 3. The predicted octanol–water partition coefficient (Wildman–Crippen LogP) is 2.32. The monoisotopic (exact) mass is 427 g/mol. The van der Waals surface area contributed by atoms with Gasteiger partial charge < -0.3 is 14.5 Å². The Bertz CT molecular complexity index is 922. The molecule has 8 heteroatoms. The van der Waals surface area contributed by atoms with E-state index in [1.807, 2.05) is 13.8 Å². The topological polar surface area (TPSA) is 87.2 Å². The lowest BCUT2D eigenvalue weighted by Crippen LogP contribution is -2.68. The summed E-state index contributed by atoms with van der Waals surface area (Å²) < 4.78 is 5.52. The number of benzene rings is 1. The normalized spacial score (nSPS) is 27.8. The van der Waals surface area contributed by atoms with Gasteiger partial charge in [-0.05, 0) is 52.2 Å². The summed E-state index contributed by atoms with van der Waals surface area (Å²) in [7, 11) is 0. The number of piperidine rings is 1. The minimum Gasteiger partial charge on any atom is -0.452 e. The predicted molar refractivity (Wildman–Crippen MR) is 113 cm³/mol. The average Bonchev–Trinajstić information content (AvgIpc) is 3.10. The molecule has 0 radical (unpaired) electrons. The van der Waals surface area contributed by atoms with Crippen molar-refractivity contribution in [3.63, 3.8) is 0 Å². The van der Waals surface area contributed by atoms with Gasteiger partial charge in [0.2, 0.25) is 11.6 Å². The van der Waals surface area contributed by atoms with Crippen LogP contribution in [0.15, 0.2) is 24.3 Å². The van der Waals surface area contributed by atoms with Crippen LogP contribution in [0.5, 0.6) is 0 Å². The highest BCUT2D eigenvalue weighted by Crippen LogP contribution is 2.44. The van der Waals surface area contributed by atoms with E-state index >= 15 is 0 Å². The SMILES string of the molecule is CCN1C(=O)c2ccccc2N2C(=O)CC[C@]12C(=O)OCC(=O)N1[C@H](C)CCC[C@@H]1C. The maximum atomic E-state index is 13.4. The van der Waals surface area contributed by atoms with Gasteiger partial charge in [-0.3, -0.25) is 19.3 Å². The molecule has 0 saturated carbocycles. The molecule has 1 aromatic rings. The molecule has 3 aliphatic heterocycles. The fourth-order valence-corrected chi connectivity index (χ4v) is 5.40. The molecule has 3 heterocycles. The van der Waals surface area contributed by atoms with Crippen LogP contribution in [0.1, 0.15) is 63.2 Å². The molecule has 0 aliphatic carbocycles. The first-order chi connectivity index (χ1) is 14.8. The van der Waals surface area contributed by atoms with Crippen molar-refractivity contribution >= 4 is 29.4 Å². The lowest BCUT2D eigenvalue weighted by atomic mass is 9.96. The van der Waals surface area contributed by atoms with Gasteiger partial charge in [0.25, 0.3) is 11.8 Å². The lowest BCUT2D eigenvalue weighted by Gasteiger charge is -2.48. The van der Waals surface area contributed by atoms with Crippen molar-refractivity contribution in [2.45, 2.75) is 70.6 Å². The number of likely N-dealkylation sites (tertiary alicyclic amines) is 1. The molecule has 1 aromatic carbocycles. The number of ether oxygens (including phenoxy) is 1. The Labute approximate surface area is 182 Å². The summed E-state index contributed by atoms with van der Waals surface area (Å²) in [4.78, 5) is 56.9. The summed E-state index contributed by atoms with van der Waals surface area (Å²) in [5.74, 6) is -1.52. The molecule has 2 saturated heterocycles. The van der Waals surface area contributed by atoms with Crippen molar-refractivity contribution in [2.75, 3.05) is 18.1 Å². The molecule has 31 heavy (non-hydrogen) atoms. The lowest BCUT2D eigenvalue weighted by molar-refractivity contribution is -0.163. The highest BCUT2D eigenvalue weighted by atomic mass is 16.5. The Balaban J connectivity index is 1.62. The highest BCUT2D eigenvalue weighted by molar-refractivity contribution is 6.15. The van der Waals surface area contributed by atoms with E-state index in [1.54, 1.807) is 36.1 Å². The van der Waals surface area contributed by atoms with Crippen LogP contribution in [0.2, 0.25) is 0 Å². The Hall–Kier alpha value is -2.90. The van der Waals surface area contributed by atoms with Gasteiger partial charge in [-0.25, -0.2) is 4.79 Å². The van der Waals surface area contributed by atoms with Crippen molar-refractivity contribution in [2.24, 2.45) is 0 Å². The van der Waals surface area contributed by atoms with Crippen molar-refractivity contribution < 1.29 is 23.9 Å². The first-order valence-electron chi connectivity index (χ1n) is 11.0. The average molecular weight is 428 g/mol. The van der Waals surface area contributed by atoms with Crippen molar-refractivity contribution in [1.82, 2.24) is 9.80 Å². The molecule has 0 aromatic heterocycles. The van der Waals surface area contributed by atoms with Crippen molar-refractivity contribution in [3.05, 3.63) is 29.8 Å². The number of esters is 1. The largest absolute Gasteiger partial charge is 0.452 e. The minimum atomic E-state index is -1.54. The quantitative estimate of drug-likeness (QED) is 0.689. The van der Waals surface area contributed by atoms with Crippen LogP contribution >= 0.6 is 0 Å². The fraction of sp³-hybridized carbons (Fsp3) is 0.565. The van der Waals surface area contributed by atoms with Gasteiger partial charge in [-0.1, -0.05) is 12.1 Å². The van der Waals surface area contributed by atoms with Gasteiger partial charge >= 0.3 is 5.97 Å². The van der Waals surface area contributed by atoms with Gasteiger partial charge in [-0.2, -0.15) is 0 Å². The molecule has 3 amide bonds. The van der Waals surface area contributed by atoms with Gasteiger partial charge in [0.15, 0.2) is 6.61 Å². The first kappa shape index (κ1) is 21.3. The number of hydrogen-bond acceptors (Lipinski definition) is 5. The number of likely N-dealkylation sites (N-methyl/N-ethyl adjacent to an activating group) is 1. The van der Waals surface area contributed by atoms with E-state index in [9.17, 15) is 19.2 Å². The standard InChI is InChI=1S/C23H29N3O5/c1-4-24-21(29)17-10-5-6-11-18(17)26-19(27)12-13-23(24,26)22(30)31-14-20(28)25-15(2)8-7-9-16(25)3/h5-6,10-11,15-16H,4,7-9,12-14H2,1-3H3/t15-,16+,23-/m0/s1. The zero-order valence-corrected chi connectivity index (χ0v) is 18.3. The first-order valence-corrected chi connectivity index (χ1v) is 11.0. The van der Waals surface area contributed by atoms with E-state index in [0.717, 1.165) is 19.3 Å². The van der Waals surface area contributed by atoms with E-state index in [0.29, 0.717) is 11.3 Å². The molecule has 4 rings (SSSR count). The second-order valence-corrected chi connectivity index (χ2v) is 8.62. The molecular weight excluding hydrogens is 398 g/mol. The van der Waals surface area contributed by atoms with E-state index in [1.165, 1.54) is 9.80 Å². The van der Waals surface area contributed by atoms with E-state index in [-0.39, 0.29) is 49.2 Å². The molecule has 0 spiro atoms. The molecule has 3 atom stereocenters. The number of carbonyl (C=O) groups is 4. The summed E-state index contributed by atoms with van der Waals surface area (Å²) in [6.45, 7) is 5.61. The Morgan fingerprint density at radius 3 is 2.48 bits per heavy atom. The zero-order chi connectivity index (χ0) is 22.3. The Morgan fingerprint density at radius 1 is 1.13 bits per heavy atom. The number of hydrogen-bond donors (Lipinski definition) is 0. The van der Waals surface area contributed by atoms with Crippen LogP contribution in [0, 0.1) is 0 Å². The third-order valence-electron chi connectivity index (χ3n) is 6.83. The fourth-order valence-electron chi connectivity index (χ4n) is 5.40. The third-order valence-corrected chi connectivity index (χ3v) is 6.83. The van der Waals surface area contributed by atoms with Crippen LogP contribution in [0.3, 0.4) is 0 Å². The number of anilines is 1. The van der Waals surface area contributed by atoms with E-state index in [2.05, 4.69) is 0 Å². The van der Waals surface area contributed by atoms with Crippen LogP contribution in [-0.2, 0) is 19.1 Å². The zero-order valence-electron chi connectivity index (χ0n) is 18.3. The van der Waals surface area contributed by atoms with Crippen LogP contribution < -0.4 is 4.90 Å². The van der Waals surface area contributed by atoms with Crippen molar-refractivity contribution in [3.8, 4) is 0 Å². The molecule has 0 N–H and O–H groups in total. The Kier molecular flexibility index (Phi) is 5.49. The molecule has 8 nitrogen and oxygen atoms in total. The summed E-state index contributed by atoms with van der Waals surface area (Å²) in [6.07, 6.45) is 3.18. The second-order valence-electron chi connectivity index (χ2n) is 8.62. The molecule has 3 aliphatic rings. The van der Waals surface area contributed by atoms with Crippen LogP contribution in [0.4, 0.5) is 5.69 Å². The minimum absolute atomic E-state index is 0.0907. The number of para-hydroxylation sites is 1. The molecule has 0 unspecified atom stereocenters. The molecular formula is C23H29N3O5. The Morgan fingerprint density at radius 2 is 1.81 bits per heavy atom. The second kappa shape index (κ2) is 7.98. The van der Waals surface area contributed by atoms with Gasteiger partial charge in [0.05, 0.1) is 11.3 Å². The summed E-state index contributed by atoms with van der Waals surface area (Å²) >= 11 is 0. The molecule has 0 bridgehead atoms. The number of nitrogens with zero attached hydrogens (tertiary/aromatic N) is 3. The third kappa shape index (κ3) is 3.20. The molecule has 166 valence electrons. The van der Waals surface area contributed by atoms with E-state index < -0.39 is 18.2 Å². The number of rotatable bonds is 4. The van der Waals surface area contributed by atoms with Crippen molar-refractivity contribution in [1.29, 1.82) is 0 Å². The summed E-state index contributed by atoms with van der Waals surface area (Å²) in [5, 5.41) is 0. The van der Waals surface area contributed by atoms with Gasteiger partial charge in [0.1, 0.15) is 0 Å². The highest BCUT2D eigenvalue weighted by Gasteiger charge is 2.61. The maximum Gasteiger partial charge on any atom is 0.354 e. The van der Waals surface area contributed by atoms with Gasteiger partial charge in [-0.15, -0.1) is 0 Å². The summed E-state index contributed by atoms with van der Waals surface area (Å²) in [5.41, 5.74) is -0.743. The maximum absolute atomic E-state index is 13.4.